The van der Waals surface area contributed by atoms with Crippen LogP contribution < -0.4 is 5.32 Å². The molecule has 0 fully saturated rings. The number of fused-ring (bicyclic) bond motifs is 1. The van der Waals surface area contributed by atoms with Gasteiger partial charge in [0.25, 0.3) is 0 Å². The molecule has 0 saturated carbocycles. The number of anilines is 1. The molecule has 4 aromatic rings. The molecule has 148 valence electrons. The van der Waals surface area contributed by atoms with Crippen molar-refractivity contribution in [3.8, 4) is 22.3 Å². The quantitative estimate of drug-likeness (QED) is 0.374. The first kappa shape index (κ1) is 19.3. The van der Waals surface area contributed by atoms with Gasteiger partial charge in [-0.15, -0.1) is 0 Å². The lowest BCUT2D eigenvalue weighted by Gasteiger charge is -2.21. The van der Waals surface area contributed by atoms with Crippen LogP contribution in [0.5, 0.6) is 0 Å². The smallest absolute Gasteiger partial charge is 0.0454 e. The second-order valence-corrected chi connectivity index (χ2v) is 8.41. The highest BCUT2D eigenvalue weighted by atomic mass is 14.9. The van der Waals surface area contributed by atoms with Crippen LogP contribution in [0.2, 0.25) is 0 Å². The lowest BCUT2D eigenvalue weighted by Crippen LogP contribution is -2.09. The van der Waals surface area contributed by atoms with Gasteiger partial charge in [0.2, 0.25) is 0 Å². The van der Waals surface area contributed by atoms with Crippen LogP contribution in [-0.4, -0.2) is 11.0 Å². The minimum atomic E-state index is 0.436. The lowest BCUT2D eigenvalue weighted by molar-refractivity contribution is 0.900. The minimum Gasteiger partial charge on any atom is -0.383 e. The topological polar surface area (TPSA) is 27.8 Å². The van der Waals surface area contributed by atoms with Gasteiger partial charge in [-0.25, -0.2) is 0 Å². The zero-order chi connectivity index (χ0) is 20.7. The average molecular weight is 383 g/mol. The van der Waals surface area contributed by atoms with Gasteiger partial charge in [0.15, 0.2) is 0 Å². The maximum Gasteiger partial charge on any atom is 0.0454 e. The van der Waals surface area contributed by atoms with Gasteiger partial charge >= 0.3 is 0 Å². The Hall–Kier alpha value is -3.00. The molecule has 0 spiro atoms. The second kappa shape index (κ2) is 7.44. The number of hydrogen-bond acceptors (Lipinski definition) is 1. The van der Waals surface area contributed by atoms with Crippen LogP contribution >= 0.6 is 0 Å². The molecule has 2 heteroatoms. The first-order valence-corrected chi connectivity index (χ1v) is 10.4. The summed E-state index contributed by atoms with van der Waals surface area (Å²) >= 11 is 0. The van der Waals surface area contributed by atoms with Crippen molar-refractivity contribution in [2.24, 2.45) is 0 Å². The van der Waals surface area contributed by atoms with E-state index in [9.17, 15) is 0 Å². The summed E-state index contributed by atoms with van der Waals surface area (Å²) in [7, 11) is 0. The standard InChI is InChI=1S/C27H30N2/c1-16(2)29-24-10-7-21(8-11-24)26-17(3)19(5)27(20(6)18(26)4)23-9-12-25-22(15-23)13-14-28-25/h7-16,28-29H,1-6H3. The molecule has 0 bridgehead atoms. The highest BCUT2D eigenvalue weighted by molar-refractivity contribution is 5.89. The Morgan fingerprint density at radius 3 is 1.83 bits per heavy atom. The summed E-state index contributed by atoms with van der Waals surface area (Å²) < 4.78 is 0. The maximum absolute atomic E-state index is 3.48. The van der Waals surface area contributed by atoms with Crippen LogP contribution in [0.15, 0.2) is 54.7 Å². The molecule has 1 heterocycles. The molecule has 29 heavy (non-hydrogen) atoms. The minimum absolute atomic E-state index is 0.436. The summed E-state index contributed by atoms with van der Waals surface area (Å²) in [5, 5.41) is 4.73. The Bertz CT molecular complexity index is 1150. The van der Waals surface area contributed by atoms with Crippen LogP contribution in [0.1, 0.15) is 36.1 Å². The average Bonchev–Trinajstić information content (AvgIpc) is 3.16. The van der Waals surface area contributed by atoms with Crippen molar-refractivity contribution in [3.63, 3.8) is 0 Å². The van der Waals surface area contributed by atoms with Crippen molar-refractivity contribution in [1.82, 2.24) is 4.98 Å². The second-order valence-electron chi connectivity index (χ2n) is 8.41. The van der Waals surface area contributed by atoms with Crippen LogP contribution in [-0.2, 0) is 0 Å². The van der Waals surface area contributed by atoms with Crippen LogP contribution in [0.4, 0.5) is 5.69 Å². The van der Waals surface area contributed by atoms with Crippen LogP contribution in [0.3, 0.4) is 0 Å². The zero-order valence-corrected chi connectivity index (χ0v) is 18.3. The fourth-order valence-electron chi connectivity index (χ4n) is 4.45. The van der Waals surface area contributed by atoms with Crippen LogP contribution in [0.25, 0.3) is 33.2 Å². The Labute approximate surface area is 174 Å². The van der Waals surface area contributed by atoms with Gasteiger partial charge in [0, 0.05) is 23.4 Å². The highest BCUT2D eigenvalue weighted by Crippen LogP contribution is 2.39. The lowest BCUT2D eigenvalue weighted by atomic mass is 9.83. The number of H-pyrrole nitrogens is 1. The summed E-state index contributed by atoms with van der Waals surface area (Å²) in [6.07, 6.45) is 2.01. The van der Waals surface area contributed by atoms with Crippen molar-refractivity contribution in [3.05, 3.63) is 77.0 Å². The van der Waals surface area contributed by atoms with Crippen molar-refractivity contribution in [2.75, 3.05) is 5.32 Å². The van der Waals surface area contributed by atoms with Gasteiger partial charge in [-0.1, -0.05) is 18.2 Å². The van der Waals surface area contributed by atoms with Gasteiger partial charge in [-0.3, -0.25) is 0 Å². The van der Waals surface area contributed by atoms with E-state index in [0.717, 1.165) is 0 Å². The fraction of sp³-hybridized carbons (Fsp3) is 0.259. The van der Waals surface area contributed by atoms with Crippen molar-refractivity contribution < 1.29 is 0 Å². The molecule has 1 aromatic heterocycles. The Kier molecular flexibility index (Phi) is 4.96. The van der Waals surface area contributed by atoms with E-state index in [1.807, 2.05) is 6.20 Å². The molecule has 0 aliphatic heterocycles. The summed E-state index contributed by atoms with van der Waals surface area (Å²) in [6, 6.07) is 18.2. The third-order valence-corrected chi connectivity index (χ3v) is 6.10. The van der Waals surface area contributed by atoms with Crippen molar-refractivity contribution >= 4 is 16.6 Å². The van der Waals surface area contributed by atoms with Crippen molar-refractivity contribution in [1.29, 1.82) is 0 Å². The van der Waals surface area contributed by atoms with Gasteiger partial charge in [-0.05, 0) is 122 Å². The van der Waals surface area contributed by atoms with E-state index in [0.29, 0.717) is 6.04 Å². The van der Waals surface area contributed by atoms with E-state index in [4.69, 9.17) is 0 Å². The fourth-order valence-corrected chi connectivity index (χ4v) is 4.45. The third-order valence-electron chi connectivity index (χ3n) is 6.10. The van der Waals surface area contributed by atoms with Crippen molar-refractivity contribution in [2.45, 2.75) is 47.6 Å². The molecule has 2 N–H and O–H groups in total. The predicted molar refractivity (Wildman–Crippen MR) is 127 cm³/mol. The SMILES string of the molecule is Cc1c(C)c(-c2ccc3[nH]ccc3c2)c(C)c(C)c1-c1ccc(NC(C)C)cc1. The Morgan fingerprint density at radius 2 is 1.24 bits per heavy atom. The van der Waals surface area contributed by atoms with E-state index >= 15 is 0 Å². The zero-order valence-electron chi connectivity index (χ0n) is 18.3. The molecular weight excluding hydrogens is 352 g/mol. The normalized spacial score (nSPS) is 11.4. The molecule has 0 atom stereocenters. The Balaban J connectivity index is 1.84. The van der Waals surface area contributed by atoms with E-state index in [1.165, 1.54) is 61.1 Å². The number of nitrogens with one attached hydrogen (secondary N) is 2. The number of rotatable bonds is 4. The monoisotopic (exact) mass is 382 g/mol. The molecule has 0 aliphatic rings. The van der Waals surface area contributed by atoms with Gasteiger partial charge in [0.05, 0.1) is 0 Å². The number of benzene rings is 3. The Morgan fingerprint density at radius 1 is 0.690 bits per heavy atom. The molecule has 0 aliphatic carbocycles. The number of aromatic nitrogens is 1. The summed E-state index contributed by atoms with van der Waals surface area (Å²) in [6.45, 7) is 13.4. The highest BCUT2D eigenvalue weighted by Gasteiger charge is 2.17. The number of aromatic amines is 1. The van der Waals surface area contributed by atoms with E-state index in [2.05, 4.69) is 100 Å². The first-order chi connectivity index (χ1) is 13.9. The van der Waals surface area contributed by atoms with E-state index < -0.39 is 0 Å². The molecular formula is C27H30N2. The van der Waals surface area contributed by atoms with Gasteiger partial charge < -0.3 is 10.3 Å². The summed E-state index contributed by atoms with van der Waals surface area (Å²) in [5.74, 6) is 0. The number of hydrogen-bond donors (Lipinski definition) is 2. The predicted octanol–water partition coefficient (Wildman–Crippen LogP) is 7.56. The molecule has 3 aromatic carbocycles. The van der Waals surface area contributed by atoms with Crippen LogP contribution in [0, 0.1) is 27.7 Å². The summed E-state index contributed by atoms with van der Waals surface area (Å²) in [5.41, 5.74) is 13.1. The first-order valence-electron chi connectivity index (χ1n) is 10.4. The van der Waals surface area contributed by atoms with E-state index in [-0.39, 0.29) is 0 Å². The third kappa shape index (κ3) is 3.44. The molecule has 2 nitrogen and oxygen atoms in total. The molecule has 4 rings (SSSR count). The van der Waals surface area contributed by atoms with Gasteiger partial charge in [0.1, 0.15) is 0 Å². The molecule has 0 amide bonds. The maximum atomic E-state index is 3.48. The molecule has 0 unspecified atom stereocenters. The van der Waals surface area contributed by atoms with E-state index in [1.54, 1.807) is 0 Å². The molecule has 0 saturated heterocycles. The molecule has 0 radical (unpaired) electrons. The largest absolute Gasteiger partial charge is 0.383 e. The van der Waals surface area contributed by atoms with Gasteiger partial charge in [-0.2, -0.15) is 0 Å². The summed E-state index contributed by atoms with van der Waals surface area (Å²) in [4.78, 5) is 3.29.